The number of sulfonamides is 1. The van der Waals surface area contributed by atoms with Crippen molar-refractivity contribution in [3.8, 4) is 0 Å². The number of nitrogens with zero attached hydrogens (tertiary/aromatic N) is 1. The maximum atomic E-state index is 12.7. The molecule has 0 spiro atoms. The van der Waals surface area contributed by atoms with Gasteiger partial charge in [-0.3, -0.25) is 0 Å². The van der Waals surface area contributed by atoms with Gasteiger partial charge >= 0.3 is 0 Å². The Bertz CT molecular complexity index is 724. The first-order valence-electron chi connectivity index (χ1n) is 6.34. The molecule has 0 unspecified atom stereocenters. The third-order valence-corrected chi connectivity index (χ3v) is 6.70. The number of rotatable bonds is 5. The molecule has 0 radical (unpaired) electrons. The standard InChI is InChI=1S/C14H17ClN2O2S2/c1-10-9-20-13(7-16)14(10)21(18,19)17(2)8-11-3-5-12(15)6-4-11/h3-6,9H,7-8,16H2,1-2H3. The number of thiophene rings is 1. The van der Waals surface area contributed by atoms with Crippen molar-refractivity contribution in [2.45, 2.75) is 24.9 Å². The summed E-state index contributed by atoms with van der Waals surface area (Å²) in [6, 6.07) is 7.13. The lowest BCUT2D eigenvalue weighted by atomic mass is 10.2. The van der Waals surface area contributed by atoms with E-state index in [4.69, 9.17) is 17.3 Å². The first-order valence-corrected chi connectivity index (χ1v) is 9.04. The second-order valence-electron chi connectivity index (χ2n) is 4.76. The van der Waals surface area contributed by atoms with Crippen LogP contribution < -0.4 is 5.73 Å². The minimum atomic E-state index is -3.55. The predicted octanol–water partition coefficient (Wildman–Crippen LogP) is 2.99. The van der Waals surface area contributed by atoms with Crippen molar-refractivity contribution < 1.29 is 8.42 Å². The quantitative estimate of drug-likeness (QED) is 0.906. The highest BCUT2D eigenvalue weighted by Gasteiger charge is 2.26. The Hall–Kier alpha value is -0.920. The lowest BCUT2D eigenvalue weighted by Crippen LogP contribution is -2.27. The fraction of sp³-hybridized carbons (Fsp3) is 0.286. The van der Waals surface area contributed by atoms with E-state index in [0.29, 0.717) is 21.3 Å². The molecule has 0 aliphatic rings. The van der Waals surface area contributed by atoms with E-state index >= 15 is 0 Å². The normalized spacial score (nSPS) is 12.0. The lowest BCUT2D eigenvalue weighted by molar-refractivity contribution is 0.466. The number of hydrogen-bond acceptors (Lipinski definition) is 4. The molecule has 2 N–H and O–H groups in total. The third-order valence-electron chi connectivity index (χ3n) is 3.16. The average molecular weight is 345 g/mol. The fourth-order valence-corrected chi connectivity index (χ4v) is 4.99. The molecule has 2 aromatic rings. The molecule has 0 fully saturated rings. The van der Waals surface area contributed by atoms with Crippen molar-refractivity contribution >= 4 is 33.0 Å². The van der Waals surface area contributed by atoms with Gasteiger partial charge in [0, 0.05) is 30.0 Å². The maximum Gasteiger partial charge on any atom is 0.244 e. The largest absolute Gasteiger partial charge is 0.326 e. The van der Waals surface area contributed by atoms with Gasteiger partial charge < -0.3 is 5.73 Å². The average Bonchev–Trinajstić information content (AvgIpc) is 2.83. The summed E-state index contributed by atoms with van der Waals surface area (Å²) in [5, 5.41) is 2.45. The Morgan fingerprint density at radius 2 is 1.90 bits per heavy atom. The highest BCUT2D eigenvalue weighted by molar-refractivity contribution is 7.89. The van der Waals surface area contributed by atoms with Gasteiger partial charge in [-0.05, 0) is 35.6 Å². The van der Waals surface area contributed by atoms with Crippen LogP contribution in [-0.4, -0.2) is 19.8 Å². The molecule has 0 bridgehead atoms. The molecular formula is C14H17ClN2O2S2. The van der Waals surface area contributed by atoms with Gasteiger partial charge in [0.05, 0.1) is 0 Å². The molecule has 21 heavy (non-hydrogen) atoms. The molecule has 0 atom stereocenters. The summed E-state index contributed by atoms with van der Waals surface area (Å²) >= 11 is 7.22. The van der Waals surface area contributed by atoms with E-state index < -0.39 is 10.0 Å². The summed E-state index contributed by atoms with van der Waals surface area (Å²) in [7, 11) is -1.98. The molecule has 1 heterocycles. The Morgan fingerprint density at radius 3 is 2.48 bits per heavy atom. The smallest absolute Gasteiger partial charge is 0.244 e. The first-order chi connectivity index (χ1) is 9.86. The predicted molar refractivity (Wildman–Crippen MR) is 87.1 cm³/mol. The zero-order valence-corrected chi connectivity index (χ0v) is 14.2. The Balaban J connectivity index is 2.30. The van der Waals surface area contributed by atoms with Gasteiger partial charge in [-0.2, -0.15) is 4.31 Å². The molecule has 0 saturated heterocycles. The van der Waals surface area contributed by atoms with Crippen LogP contribution in [0.3, 0.4) is 0 Å². The van der Waals surface area contributed by atoms with Crippen LogP contribution in [0.5, 0.6) is 0 Å². The van der Waals surface area contributed by atoms with E-state index in [1.807, 2.05) is 17.5 Å². The summed E-state index contributed by atoms with van der Waals surface area (Å²) in [6.45, 7) is 2.30. The molecule has 1 aromatic carbocycles. The summed E-state index contributed by atoms with van der Waals surface area (Å²) in [5.74, 6) is 0. The second-order valence-corrected chi connectivity index (χ2v) is 8.15. The van der Waals surface area contributed by atoms with Crippen LogP contribution in [0.2, 0.25) is 5.02 Å². The van der Waals surface area contributed by atoms with E-state index in [1.165, 1.54) is 15.6 Å². The molecule has 0 saturated carbocycles. The molecule has 0 amide bonds. The Morgan fingerprint density at radius 1 is 1.29 bits per heavy atom. The molecule has 7 heteroatoms. The van der Waals surface area contributed by atoms with Gasteiger partial charge in [0.15, 0.2) is 0 Å². The molecular weight excluding hydrogens is 328 g/mol. The number of nitrogens with two attached hydrogens (primary N) is 1. The van der Waals surface area contributed by atoms with Crippen molar-refractivity contribution in [3.63, 3.8) is 0 Å². The highest BCUT2D eigenvalue weighted by Crippen LogP contribution is 2.29. The van der Waals surface area contributed by atoms with E-state index in [-0.39, 0.29) is 6.54 Å². The van der Waals surface area contributed by atoms with Crippen molar-refractivity contribution in [2.75, 3.05) is 7.05 Å². The highest BCUT2D eigenvalue weighted by atomic mass is 35.5. The van der Waals surface area contributed by atoms with Crippen LogP contribution >= 0.6 is 22.9 Å². The third kappa shape index (κ3) is 3.46. The SMILES string of the molecule is Cc1csc(CN)c1S(=O)(=O)N(C)Cc1ccc(Cl)cc1. The molecule has 0 aliphatic carbocycles. The molecule has 0 aliphatic heterocycles. The fourth-order valence-electron chi connectivity index (χ4n) is 2.06. The summed E-state index contributed by atoms with van der Waals surface area (Å²) in [4.78, 5) is 1.03. The van der Waals surface area contributed by atoms with Crippen molar-refractivity contribution in [2.24, 2.45) is 5.73 Å². The van der Waals surface area contributed by atoms with E-state index in [0.717, 1.165) is 11.1 Å². The van der Waals surface area contributed by atoms with Crippen LogP contribution in [0.1, 0.15) is 16.0 Å². The molecule has 2 rings (SSSR count). The van der Waals surface area contributed by atoms with Gasteiger partial charge in [-0.25, -0.2) is 8.42 Å². The van der Waals surface area contributed by atoms with Gasteiger partial charge in [-0.1, -0.05) is 23.7 Å². The minimum Gasteiger partial charge on any atom is -0.326 e. The number of halogens is 1. The maximum absolute atomic E-state index is 12.7. The van der Waals surface area contributed by atoms with E-state index in [1.54, 1.807) is 26.1 Å². The van der Waals surface area contributed by atoms with Crippen molar-refractivity contribution in [1.82, 2.24) is 4.31 Å². The van der Waals surface area contributed by atoms with Crippen LogP contribution in [0.25, 0.3) is 0 Å². The second kappa shape index (κ2) is 6.46. The van der Waals surface area contributed by atoms with Crippen molar-refractivity contribution in [1.29, 1.82) is 0 Å². The van der Waals surface area contributed by atoms with Gasteiger partial charge in [0.25, 0.3) is 0 Å². The number of aryl methyl sites for hydroxylation is 1. The van der Waals surface area contributed by atoms with E-state index in [9.17, 15) is 8.42 Å². The first kappa shape index (κ1) is 16.5. The summed E-state index contributed by atoms with van der Waals surface area (Å²) in [6.07, 6.45) is 0. The topological polar surface area (TPSA) is 63.4 Å². The van der Waals surface area contributed by atoms with Gasteiger partial charge in [0.2, 0.25) is 10.0 Å². The molecule has 114 valence electrons. The zero-order chi connectivity index (χ0) is 15.6. The van der Waals surface area contributed by atoms with Gasteiger partial charge in [-0.15, -0.1) is 11.3 Å². The monoisotopic (exact) mass is 344 g/mol. The zero-order valence-electron chi connectivity index (χ0n) is 11.8. The number of benzene rings is 1. The molecule has 1 aromatic heterocycles. The van der Waals surface area contributed by atoms with Crippen molar-refractivity contribution in [3.05, 3.63) is 50.7 Å². The lowest BCUT2D eigenvalue weighted by Gasteiger charge is -2.18. The van der Waals surface area contributed by atoms with Gasteiger partial charge in [0.1, 0.15) is 4.90 Å². The van der Waals surface area contributed by atoms with Crippen LogP contribution in [0.15, 0.2) is 34.5 Å². The summed E-state index contributed by atoms with van der Waals surface area (Å²) in [5.41, 5.74) is 7.26. The minimum absolute atomic E-state index is 0.224. The van der Waals surface area contributed by atoms with E-state index in [2.05, 4.69) is 0 Å². The number of hydrogen-bond donors (Lipinski definition) is 1. The Kier molecular flexibility index (Phi) is 5.06. The summed E-state index contributed by atoms with van der Waals surface area (Å²) < 4.78 is 26.8. The van der Waals surface area contributed by atoms with Crippen LogP contribution in [0, 0.1) is 6.92 Å². The Labute approximate surface area is 134 Å². The van der Waals surface area contributed by atoms with Crippen LogP contribution in [-0.2, 0) is 23.1 Å². The van der Waals surface area contributed by atoms with Crippen LogP contribution in [0.4, 0.5) is 0 Å². The molecule has 4 nitrogen and oxygen atoms in total.